The van der Waals surface area contributed by atoms with Crippen LogP contribution < -0.4 is 0 Å². The van der Waals surface area contributed by atoms with Crippen LogP contribution in [0.25, 0.3) is 11.4 Å². The molecule has 7 heteroatoms. The minimum absolute atomic E-state index is 0.0253. The second-order valence-electron chi connectivity index (χ2n) is 5.33. The third-order valence-electron chi connectivity index (χ3n) is 3.54. The van der Waals surface area contributed by atoms with E-state index in [2.05, 4.69) is 15.2 Å². The van der Waals surface area contributed by atoms with E-state index in [1.54, 1.807) is 18.2 Å². The highest BCUT2D eigenvalue weighted by Gasteiger charge is 2.11. The van der Waals surface area contributed by atoms with Gasteiger partial charge in [-0.05, 0) is 42.8 Å². The first-order valence-electron chi connectivity index (χ1n) is 7.72. The van der Waals surface area contributed by atoms with Gasteiger partial charge in [-0.2, -0.15) is 0 Å². The van der Waals surface area contributed by atoms with Crippen LogP contribution in [-0.4, -0.2) is 26.7 Å². The van der Waals surface area contributed by atoms with E-state index in [9.17, 15) is 13.6 Å². The summed E-state index contributed by atoms with van der Waals surface area (Å²) in [6.07, 6.45) is 1.01. The number of nitrogens with zero attached hydrogens (tertiary/aromatic N) is 2. The summed E-state index contributed by atoms with van der Waals surface area (Å²) in [5.41, 5.74) is 0.875. The van der Waals surface area contributed by atoms with Crippen LogP contribution in [0.3, 0.4) is 0 Å². The molecule has 2 aromatic carbocycles. The highest BCUT2D eigenvalue weighted by atomic mass is 32.2. The lowest BCUT2D eigenvalue weighted by atomic mass is 10.1. The lowest BCUT2D eigenvalue weighted by molar-refractivity contribution is 0.0982. The van der Waals surface area contributed by atoms with Crippen LogP contribution >= 0.6 is 11.8 Å². The number of thioether (sulfide) groups is 1. The molecule has 3 rings (SSSR count). The van der Waals surface area contributed by atoms with Crippen molar-refractivity contribution >= 4 is 17.5 Å². The van der Waals surface area contributed by atoms with Gasteiger partial charge in [0, 0.05) is 17.7 Å². The zero-order valence-corrected chi connectivity index (χ0v) is 14.0. The molecule has 1 heterocycles. The molecule has 0 aliphatic rings. The molecular formula is C18H15F2N3OS. The predicted octanol–water partition coefficient (Wildman–Crippen LogP) is 4.51. The molecule has 4 nitrogen and oxygen atoms in total. The summed E-state index contributed by atoms with van der Waals surface area (Å²) in [5, 5.41) is 7.28. The van der Waals surface area contributed by atoms with Gasteiger partial charge in [0.25, 0.3) is 0 Å². The smallest absolute Gasteiger partial charge is 0.208 e. The molecule has 0 fully saturated rings. The standard InChI is InChI=1S/C18H15F2N3OS/c19-13-9-7-12(8-10-13)16(24)6-3-11-25-18-21-17(22-23-18)14-4-1-2-5-15(14)20/h1-2,4-5,7-10H,3,6,11H2,(H,21,22,23). The van der Waals surface area contributed by atoms with Gasteiger partial charge in [-0.25, -0.2) is 13.8 Å². The Balaban J connectivity index is 1.49. The molecule has 0 unspecified atom stereocenters. The van der Waals surface area contributed by atoms with E-state index in [4.69, 9.17) is 0 Å². The summed E-state index contributed by atoms with van der Waals surface area (Å²) in [7, 11) is 0. The van der Waals surface area contributed by atoms with E-state index in [-0.39, 0.29) is 17.4 Å². The second kappa shape index (κ2) is 8.02. The summed E-state index contributed by atoms with van der Waals surface area (Å²) in [6.45, 7) is 0. The van der Waals surface area contributed by atoms with E-state index in [1.165, 1.54) is 42.1 Å². The quantitative estimate of drug-likeness (QED) is 0.383. The van der Waals surface area contributed by atoms with Crippen LogP contribution in [0.15, 0.2) is 53.7 Å². The first-order chi connectivity index (χ1) is 12.1. The minimum Gasteiger partial charge on any atom is -0.294 e. The number of ketones is 1. The predicted molar refractivity (Wildman–Crippen MR) is 92.5 cm³/mol. The van der Waals surface area contributed by atoms with Crippen molar-refractivity contribution < 1.29 is 13.6 Å². The molecular weight excluding hydrogens is 344 g/mol. The van der Waals surface area contributed by atoms with E-state index >= 15 is 0 Å². The Bertz CT molecular complexity index is 865. The summed E-state index contributed by atoms with van der Waals surface area (Å²) in [6, 6.07) is 11.9. The number of Topliss-reactive ketones (excluding diaryl/α,β-unsaturated/α-hetero) is 1. The average molecular weight is 359 g/mol. The van der Waals surface area contributed by atoms with Gasteiger partial charge in [0.15, 0.2) is 11.6 Å². The van der Waals surface area contributed by atoms with Gasteiger partial charge in [0.05, 0.1) is 5.56 Å². The van der Waals surface area contributed by atoms with E-state index < -0.39 is 0 Å². The topological polar surface area (TPSA) is 58.6 Å². The van der Waals surface area contributed by atoms with Crippen molar-refractivity contribution in [2.45, 2.75) is 18.0 Å². The molecule has 25 heavy (non-hydrogen) atoms. The number of hydrogen-bond acceptors (Lipinski definition) is 4. The van der Waals surface area contributed by atoms with Crippen molar-refractivity contribution in [1.82, 2.24) is 15.2 Å². The summed E-state index contributed by atoms with van der Waals surface area (Å²) < 4.78 is 26.5. The normalized spacial score (nSPS) is 10.8. The number of hydrogen-bond donors (Lipinski definition) is 1. The monoisotopic (exact) mass is 359 g/mol. The fourth-order valence-corrected chi connectivity index (χ4v) is 3.00. The molecule has 128 valence electrons. The third-order valence-corrected chi connectivity index (χ3v) is 4.47. The van der Waals surface area contributed by atoms with Crippen molar-refractivity contribution in [2.24, 2.45) is 0 Å². The van der Waals surface area contributed by atoms with Crippen LogP contribution in [-0.2, 0) is 0 Å². The maximum absolute atomic E-state index is 13.7. The van der Waals surface area contributed by atoms with Gasteiger partial charge in [-0.15, -0.1) is 5.10 Å². The molecule has 0 radical (unpaired) electrons. The second-order valence-corrected chi connectivity index (χ2v) is 6.39. The number of halogens is 2. The van der Waals surface area contributed by atoms with E-state index in [0.29, 0.717) is 40.7 Å². The van der Waals surface area contributed by atoms with Gasteiger partial charge >= 0.3 is 0 Å². The lowest BCUT2D eigenvalue weighted by Gasteiger charge is -2.00. The van der Waals surface area contributed by atoms with E-state index in [1.807, 2.05) is 0 Å². The highest BCUT2D eigenvalue weighted by Crippen LogP contribution is 2.22. The SMILES string of the molecule is O=C(CCCSc1n[nH]c(-c2ccccc2F)n1)c1ccc(F)cc1. The number of carbonyl (C=O) groups excluding carboxylic acids is 1. The van der Waals surface area contributed by atoms with Crippen LogP contribution in [0.1, 0.15) is 23.2 Å². The molecule has 0 saturated carbocycles. The number of H-pyrrole nitrogens is 1. The minimum atomic E-state index is -0.361. The van der Waals surface area contributed by atoms with Crippen molar-refractivity contribution in [1.29, 1.82) is 0 Å². The van der Waals surface area contributed by atoms with Gasteiger partial charge < -0.3 is 0 Å². The molecule has 0 bridgehead atoms. The average Bonchev–Trinajstić information content (AvgIpc) is 3.08. The number of rotatable bonds is 7. The zero-order valence-electron chi connectivity index (χ0n) is 13.2. The first kappa shape index (κ1) is 17.3. The molecule has 3 aromatic rings. The van der Waals surface area contributed by atoms with E-state index in [0.717, 1.165) is 0 Å². The Labute approximate surface area is 147 Å². The van der Waals surface area contributed by atoms with Gasteiger partial charge in [-0.1, -0.05) is 23.9 Å². The van der Waals surface area contributed by atoms with Crippen LogP contribution in [0.5, 0.6) is 0 Å². The fraction of sp³-hybridized carbons (Fsp3) is 0.167. The number of carbonyl (C=O) groups is 1. The Hall–Kier alpha value is -2.54. The maximum Gasteiger partial charge on any atom is 0.208 e. The Kier molecular flexibility index (Phi) is 5.55. The van der Waals surface area contributed by atoms with Gasteiger partial charge in [0.2, 0.25) is 5.16 Å². The Morgan fingerprint density at radius 2 is 1.84 bits per heavy atom. The van der Waals surface area contributed by atoms with Crippen LogP contribution in [0.2, 0.25) is 0 Å². The summed E-state index contributed by atoms with van der Waals surface area (Å²) in [4.78, 5) is 16.2. The first-order valence-corrected chi connectivity index (χ1v) is 8.71. The zero-order chi connectivity index (χ0) is 17.6. The molecule has 0 atom stereocenters. The summed E-state index contributed by atoms with van der Waals surface area (Å²) >= 11 is 1.39. The maximum atomic E-state index is 13.7. The number of aromatic amines is 1. The van der Waals surface area contributed by atoms with Crippen molar-refractivity contribution in [3.8, 4) is 11.4 Å². The largest absolute Gasteiger partial charge is 0.294 e. The molecule has 1 N–H and O–H groups in total. The molecule has 0 saturated heterocycles. The molecule has 0 amide bonds. The molecule has 0 spiro atoms. The third kappa shape index (κ3) is 4.51. The number of aromatic nitrogens is 3. The summed E-state index contributed by atoms with van der Waals surface area (Å²) in [5.74, 6) is 0.287. The molecule has 0 aliphatic carbocycles. The van der Waals surface area contributed by atoms with Gasteiger partial charge in [0.1, 0.15) is 11.6 Å². The fourth-order valence-electron chi connectivity index (χ4n) is 2.26. The Morgan fingerprint density at radius 3 is 2.60 bits per heavy atom. The number of benzene rings is 2. The number of nitrogens with one attached hydrogen (secondary N) is 1. The van der Waals surface area contributed by atoms with Crippen molar-refractivity contribution in [3.05, 3.63) is 65.7 Å². The molecule has 1 aromatic heterocycles. The van der Waals surface area contributed by atoms with Gasteiger partial charge in [-0.3, -0.25) is 9.89 Å². The van der Waals surface area contributed by atoms with Crippen molar-refractivity contribution in [3.63, 3.8) is 0 Å². The molecule has 0 aliphatic heterocycles. The van der Waals surface area contributed by atoms with Crippen molar-refractivity contribution in [2.75, 3.05) is 5.75 Å². The lowest BCUT2D eigenvalue weighted by Crippen LogP contribution is -1.99. The highest BCUT2D eigenvalue weighted by molar-refractivity contribution is 7.99. The Morgan fingerprint density at radius 1 is 1.08 bits per heavy atom. The van der Waals surface area contributed by atoms with Crippen LogP contribution in [0, 0.1) is 11.6 Å². The van der Waals surface area contributed by atoms with Crippen LogP contribution in [0.4, 0.5) is 8.78 Å².